The molecule has 0 radical (unpaired) electrons. The fourth-order valence-electron chi connectivity index (χ4n) is 2.90. The van der Waals surface area contributed by atoms with Crippen molar-refractivity contribution in [2.24, 2.45) is 0 Å². The third-order valence-electron chi connectivity index (χ3n) is 3.82. The van der Waals surface area contributed by atoms with Crippen molar-refractivity contribution >= 4 is 11.8 Å². The number of amides is 2. The molecule has 0 aromatic heterocycles. The molecular weight excluding hydrogens is 251 g/mol. The van der Waals surface area contributed by atoms with Crippen LogP contribution in [-0.2, 0) is 10.3 Å². The molecule has 6 heteroatoms. The summed E-state index contributed by atoms with van der Waals surface area (Å²) >= 11 is 0. The van der Waals surface area contributed by atoms with E-state index >= 15 is 0 Å². The van der Waals surface area contributed by atoms with E-state index in [9.17, 15) is 14.0 Å². The zero-order valence-electron chi connectivity index (χ0n) is 10.6. The van der Waals surface area contributed by atoms with Gasteiger partial charge in [0.05, 0.1) is 12.7 Å². The molecule has 5 nitrogen and oxygen atoms in total. The molecule has 0 aliphatic carbocycles. The molecule has 3 rings (SSSR count). The average molecular weight is 264 g/mol. The molecule has 1 atom stereocenters. The van der Waals surface area contributed by atoms with Crippen LogP contribution in [0.2, 0.25) is 0 Å². The van der Waals surface area contributed by atoms with Crippen LogP contribution in [0, 0.1) is 5.82 Å². The van der Waals surface area contributed by atoms with Crippen LogP contribution in [-0.4, -0.2) is 37.4 Å². The van der Waals surface area contributed by atoms with Gasteiger partial charge in [-0.1, -0.05) is 0 Å². The maximum Gasteiger partial charge on any atom is 0.253 e. The summed E-state index contributed by atoms with van der Waals surface area (Å²) in [6.45, 7) is 0.541. The molecular formula is C13H13FN2O3. The highest BCUT2D eigenvalue weighted by Gasteiger charge is 2.55. The van der Waals surface area contributed by atoms with Crippen molar-refractivity contribution in [1.29, 1.82) is 0 Å². The van der Waals surface area contributed by atoms with Crippen LogP contribution in [0.4, 0.5) is 4.39 Å². The molecule has 0 unspecified atom stereocenters. The summed E-state index contributed by atoms with van der Waals surface area (Å²) in [5.74, 6) is -0.945. The Morgan fingerprint density at radius 1 is 1.42 bits per heavy atom. The Balaban J connectivity index is 2.27. The molecule has 1 N–H and O–H groups in total. The molecule has 1 spiro atoms. The molecule has 1 saturated heterocycles. The quantitative estimate of drug-likeness (QED) is 0.809. The Morgan fingerprint density at radius 2 is 2.16 bits per heavy atom. The lowest BCUT2D eigenvalue weighted by Crippen LogP contribution is -2.46. The number of likely N-dealkylation sites (N-methyl/N-ethyl adjacent to an activating group) is 1. The van der Waals surface area contributed by atoms with Gasteiger partial charge in [-0.25, -0.2) is 4.39 Å². The van der Waals surface area contributed by atoms with E-state index in [1.807, 2.05) is 0 Å². The number of nitrogens with one attached hydrogen (secondary N) is 1. The van der Waals surface area contributed by atoms with Crippen molar-refractivity contribution in [3.63, 3.8) is 0 Å². The van der Waals surface area contributed by atoms with E-state index in [0.29, 0.717) is 18.5 Å². The number of methoxy groups -OCH3 is 1. The molecule has 100 valence electrons. The van der Waals surface area contributed by atoms with Gasteiger partial charge in [0.25, 0.3) is 11.8 Å². The first-order valence-electron chi connectivity index (χ1n) is 5.95. The van der Waals surface area contributed by atoms with E-state index in [1.54, 1.807) is 11.9 Å². The van der Waals surface area contributed by atoms with Gasteiger partial charge >= 0.3 is 0 Å². The Morgan fingerprint density at radius 3 is 2.74 bits per heavy atom. The molecule has 1 aromatic rings. The van der Waals surface area contributed by atoms with Crippen LogP contribution in [0.3, 0.4) is 0 Å². The van der Waals surface area contributed by atoms with Crippen LogP contribution < -0.4 is 10.1 Å². The predicted octanol–water partition coefficient (Wildman–Crippen LogP) is 0.635. The van der Waals surface area contributed by atoms with Gasteiger partial charge in [0.2, 0.25) is 0 Å². The van der Waals surface area contributed by atoms with Crippen LogP contribution in [0.15, 0.2) is 12.1 Å². The maximum atomic E-state index is 13.5. The number of carbonyl (C=O) groups excluding carboxylic acids is 2. The normalized spacial score (nSPS) is 24.9. The van der Waals surface area contributed by atoms with Gasteiger partial charge in [-0.3, -0.25) is 9.59 Å². The summed E-state index contributed by atoms with van der Waals surface area (Å²) in [5.41, 5.74) is -0.462. The van der Waals surface area contributed by atoms with Crippen molar-refractivity contribution in [3.8, 4) is 5.75 Å². The zero-order valence-corrected chi connectivity index (χ0v) is 10.6. The van der Waals surface area contributed by atoms with Crippen LogP contribution >= 0.6 is 0 Å². The number of nitrogens with zero attached hydrogens (tertiary/aromatic N) is 1. The number of rotatable bonds is 1. The zero-order chi connectivity index (χ0) is 13.8. The fraction of sp³-hybridized carbons (Fsp3) is 0.385. The smallest absolute Gasteiger partial charge is 0.253 e. The minimum atomic E-state index is -1.10. The number of ether oxygens (including phenoxy) is 1. The lowest BCUT2D eigenvalue weighted by molar-refractivity contribution is -0.132. The van der Waals surface area contributed by atoms with Gasteiger partial charge in [-0.2, -0.15) is 0 Å². The highest BCUT2D eigenvalue weighted by atomic mass is 19.1. The number of hydrogen-bond acceptors (Lipinski definition) is 3. The molecule has 2 aliphatic rings. The molecule has 19 heavy (non-hydrogen) atoms. The topological polar surface area (TPSA) is 58.6 Å². The number of hydrogen-bond donors (Lipinski definition) is 1. The Kier molecular flexibility index (Phi) is 2.32. The Hall–Kier alpha value is -2.11. The largest absolute Gasteiger partial charge is 0.496 e. The van der Waals surface area contributed by atoms with Gasteiger partial charge in [-0.15, -0.1) is 0 Å². The summed E-state index contributed by atoms with van der Waals surface area (Å²) in [6.07, 6.45) is 0.461. The van der Waals surface area contributed by atoms with Crippen LogP contribution in [0.1, 0.15) is 22.3 Å². The molecule has 2 aliphatic heterocycles. The second-order valence-corrected chi connectivity index (χ2v) is 4.87. The summed E-state index contributed by atoms with van der Waals surface area (Å²) in [7, 11) is 3.08. The van der Waals surface area contributed by atoms with Crippen molar-refractivity contribution in [1.82, 2.24) is 10.2 Å². The van der Waals surface area contributed by atoms with E-state index in [0.717, 1.165) is 6.07 Å². The number of halogens is 1. The highest BCUT2D eigenvalue weighted by Crippen LogP contribution is 2.44. The van der Waals surface area contributed by atoms with E-state index < -0.39 is 17.3 Å². The molecule has 2 amide bonds. The second kappa shape index (κ2) is 3.69. The number of fused-ring (bicyclic) bond motifs is 2. The van der Waals surface area contributed by atoms with E-state index in [-0.39, 0.29) is 17.2 Å². The summed E-state index contributed by atoms with van der Waals surface area (Å²) in [4.78, 5) is 25.9. The van der Waals surface area contributed by atoms with Crippen molar-refractivity contribution in [3.05, 3.63) is 29.1 Å². The van der Waals surface area contributed by atoms with Gasteiger partial charge in [0.1, 0.15) is 11.6 Å². The van der Waals surface area contributed by atoms with Crippen molar-refractivity contribution in [2.75, 3.05) is 20.7 Å². The fourth-order valence-corrected chi connectivity index (χ4v) is 2.90. The Labute approximate surface area is 109 Å². The summed E-state index contributed by atoms with van der Waals surface area (Å²) in [5, 5.41) is 2.70. The summed E-state index contributed by atoms with van der Waals surface area (Å²) < 4.78 is 18.6. The van der Waals surface area contributed by atoms with Gasteiger partial charge in [0.15, 0.2) is 5.54 Å². The van der Waals surface area contributed by atoms with E-state index in [2.05, 4.69) is 5.32 Å². The lowest BCUT2D eigenvalue weighted by Gasteiger charge is -2.24. The van der Waals surface area contributed by atoms with E-state index in [4.69, 9.17) is 4.74 Å². The third kappa shape index (κ3) is 1.39. The van der Waals surface area contributed by atoms with Crippen molar-refractivity contribution < 1.29 is 18.7 Å². The number of carbonyl (C=O) groups is 2. The number of benzene rings is 1. The standard InChI is InChI=1S/C13H13FN2O3/c1-16-4-3-13(12(16)18)10-8(11(17)15-13)5-7(14)6-9(10)19-2/h5-6H,3-4H2,1-2H3,(H,15,17)/t13-/m1/s1. The Bertz CT molecular complexity index is 602. The molecule has 2 heterocycles. The highest BCUT2D eigenvalue weighted by molar-refractivity contribution is 6.08. The molecule has 1 aromatic carbocycles. The minimum Gasteiger partial charge on any atom is -0.496 e. The maximum absolute atomic E-state index is 13.5. The predicted molar refractivity (Wildman–Crippen MR) is 64.4 cm³/mol. The van der Waals surface area contributed by atoms with Gasteiger partial charge < -0.3 is 15.0 Å². The summed E-state index contributed by atoms with van der Waals surface area (Å²) in [6, 6.07) is 2.35. The first-order valence-corrected chi connectivity index (χ1v) is 5.95. The number of likely N-dealkylation sites (tertiary alicyclic amines) is 1. The molecule has 1 fully saturated rings. The monoisotopic (exact) mass is 264 g/mol. The van der Waals surface area contributed by atoms with Gasteiger partial charge in [-0.05, 0) is 6.07 Å². The first-order chi connectivity index (χ1) is 8.99. The SMILES string of the molecule is COc1cc(F)cc2c1[C@@]1(CCN(C)C1=O)NC2=O. The lowest BCUT2D eigenvalue weighted by atomic mass is 9.88. The second-order valence-electron chi connectivity index (χ2n) is 4.87. The molecule has 0 saturated carbocycles. The average Bonchev–Trinajstić information content (AvgIpc) is 2.82. The minimum absolute atomic E-state index is 0.181. The van der Waals surface area contributed by atoms with Gasteiger partial charge in [0, 0.05) is 31.6 Å². The first kappa shape index (κ1) is 12.0. The van der Waals surface area contributed by atoms with E-state index in [1.165, 1.54) is 13.2 Å². The van der Waals surface area contributed by atoms with Crippen LogP contribution in [0.5, 0.6) is 5.75 Å². The van der Waals surface area contributed by atoms with Crippen LogP contribution in [0.25, 0.3) is 0 Å². The van der Waals surface area contributed by atoms with Crippen molar-refractivity contribution in [2.45, 2.75) is 12.0 Å². The molecule has 0 bridgehead atoms. The third-order valence-corrected chi connectivity index (χ3v) is 3.82.